The molecule has 1 aromatic carbocycles. The van der Waals surface area contributed by atoms with Crippen LogP contribution in [0.4, 0.5) is 0 Å². The minimum absolute atomic E-state index is 0.0698. The molecule has 1 fully saturated rings. The third kappa shape index (κ3) is 4.93. The molecule has 3 heterocycles. The van der Waals surface area contributed by atoms with E-state index in [-0.39, 0.29) is 24.4 Å². The highest BCUT2D eigenvalue weighted by Gasteiger charge is 2.40. The van der Waals surface area contributed by atoms with Crippen LogP contribution >= 0.6 is 0 Å². The Morgan fingerprint density at radius 1 is 1.18 bits per heavy atom. The number of H-pyrrole nitrogens is 1. The number of aromatic nitrogens is 3. The van der Waals surface area contributed by atoms with Crippen LogP contribution in [-0.4, -0.2) is 45.5 Å². The Labute approximate surface area is 186 Å². The molecule has 4 rings (SSSR count). The zero-order valence-electron chi connectivity index (χ0n) is 17.8. The van der Waals surface area contributed by atoms with Crippen LogP contribution in [0.25, 0.3) is 22.6 Å². The van der Waals surface area contributed by atoms with Crippen molar-refractivity contribution in [3.63, 3.8) is 0 Å². The van der Waals surface area contributed by atoms with Crippen LogP contribution in [0, 0.1) is 0 Å². The number of hydrogen-bond donors (Lipinski definition) is 1. The number of esters is 2. The van der Waals surface area contributed by atoms with Gasteiger partial charge in [0.15, 0.2) is 5.76 Å². The van der Waals surface area contributed by atoms with Gasteiger partial charge in [-0.1, -0.05) is 35.5 Å². The van der Waals surface area contributed by atoms with Crippen LogP contribution in [0.5, 0.6) is 0 Å². The average Bonchev–Trinajstić information content (AvgIpc) is 3.40. The largest absolute Gasteiger partial charge is 0.463 e. The van der Waals surface area contributed by atoms with Crippen molar-refractivity contribution in [2.45, 2.75) is 38.7 Å². The van der Waals surface area contributed by atoms with Crippen molar-refractivity contribution >= 4 is 11.9 Å². The Morgan fingerprint density at radius 3 is 2.64 bits per heavy atom. The smallest absolute Gasteiger partial charge is 0.330 e. The number of nitrogens with one attached hydrogen (secondary N) is 1. The summed E-state index contributed by atoms with van der Waals surface area (Å²) in [5.74, 6) is -0.900. The van der Waals surface area contributed by atoms with Gasteiger partial charge in [-0.2, -0.15) is 0 Å². The van der Waals surface area contributed by atoms with Crippen molar-refractivity contribution in [2.24, 2.45) is 0 Å². The summed E-state index contributed by atoms with van der Waals surface area (Å²) in [7, 11) is 0. The first-order chi connectivity index (χ1) is 15.8. The van der Waals surface area contributed by atoms with Crippen LogP contribution in [0.15, 0.2) is 56.7 Å². The number of aromatic amines is 1. The Hall–Kier alpha value is -3.99. The van der Waals surface area contributed by atoms with Crippen molar-refractivity contribution in [3.05, 3.63) is 63.4 Å². The summed E-state index contributed by atoms with van der Waals surface area (Å²) in [6, 6.07) is 10.8. The molecule has 1 aliphatic heterocycles. The third-order valence-corrected chi connectivity index (χ3v) is 5.07. The number of ether oxygens (including phenoxy) is 3. The second kappa shape index (κ2) is 9.25. The van der Waals surface area contributed by atoms with Crippen LogP contribution in [0.3, 0.4) is 0 Å². The van der Waals surface area contributed by atoms with E-state index in [1.54, 1.807) is 6.07 Å². The lowest BCUT2D eigenvalue weighted by Gasteiger charge is -2.17. The van der Waals surface area contributed by atoms with Gasteiger partial charge in [-0.15, -0.1) is 0 Å². The molecule has 172 valence electrons. The Bertz CT molecular complexity index is 1280. The van der Waals surface area contributed by atoms with E-state index in [1.807, 2.05) is 30.3 Å². The van der Waals surface area contributed by atoms with E-state index in [0.717, 1.165) is 5.56 Å². The maximum Gasteiger partial charge on any atom is 0.330 e. The van der Waals surface area contributed by atoms with E-state index in [0.29, 0.717) is 5.69 Å². The number of carbonyl (C=O) groups excluding carboxylic acids is 2. The summed E-state index contributed by atoms with van der Waals surface area (Å²) in [6.07, 6.45) is -0.985. The quantitative estimate of drug-likeness (QED) is 0.549. The molecule has 3 aromatic rings. The number of benzene rings is 1. The Balaban J connectivity index is 1.64. The summed E-state index contributed by atoms with van der Waals surface area (Å²) in [5, 5.41) is 4.00. The van der Waals surface area contributed by atoms with Crippen molar-refractivity contribution < 1.29 is 28.3 Å². The lowest BCUT2D eigenvalue weighted by atomic mass is 10.1. The maximum atomic E-state index is 12.5. The van der Waals surface area contributed by atoms with Crippen LogP contribution in [0.2, 0.25) is 0 Å². The molecule has 1 N–H and O–H groups in total. The van der Waals surface area contributed by atoms with Gasteiger partial charge in [0.1, 0.15) is 36.3 Å². The van der Waals surface area contributed by atoms with Crippen LogP contribution in [0.1, 0.15) is 26.5 Å². The molecule has 1 aliphatic rings. The molecular formula is C22H21N3O8. The first-order valence-electron chi connectivity index (χ1n) is 10.2. The molecule has 0 amide bonds. The molecular weight excluding hydrogens is 434 g/mol. The minimum Gasteiger partial charge on any atom is -0.463 e. The minimum atomic E-state index is -0.880. The summed E-state index contributed by atoms with van der Waals surface area (Å²) in [6.45, 7) is 2.33. The number of carbonyl (C=O) groups is 2. The van der Waals surface area contributed by atoms with E-state index in [4.69, 9.17) is 18.7 Å². The molecule has 11 nitrogen and oxygen atoms in total. The fourth-order valence-electron chi connectivity index (χ4n) is 3.58. The van der Waals surface area contributed by atoms with Gasteiger partial charge in [-0.05, 0) is 0 Å². The lowest BCUT2D eigenvalue weighted by Crippen LogP contribution is -2.33. The van der Waals surface area contributed by atoms with E-state index in [2.05, 4.69) is 10.1 Å². The summed E-state index contributed by atoms with van der Waals surface area (Å²) in [4.78, 5) is 49.9. The first-order valence-corrected chi connectivity index (χ1v) is 10.2. The Morgan fingerprint density at radius 2 is 1.94 bits per heavy atom. The van der Waals surface area contributed by atoms with Crippen molar-refractivity contribution in [3.8, 4) is 22.6 Å². The SMILES string of the molecule is CC(=O)OC[C@H]1O[C@@H](n2cc(-c3cc(-c4ccccc4)no3)c(=O)[nH]c2=O)C[C@@H]1OC(C)=O. The summed E-state index contributed by atoms with van der Waals surface area (Å²) < 4.78 is 22.6. The highest BCUT2D eigenvalue weighted by atomic mass is 16.6. The van der Waals surface area contributed by atoms with Gasteiger partial charge in [0.05, 0.1) is 0 Å². The number of rotatable bonds is 6. The molecule has 0 aliphatic carbocycles. The summed E-state index contributed by atoms with van der Waals surface area (Å²) in [5.41, 5.74) is 0.0229. The van der Waals surface area contributed by atoms with Crippen molar-refractivity contribution in [1.82, 2.24) is 14.7 Å². The van der Waals surface area contributed by atoms with Gasteiger partial charge in [-0.25, -0.2) is 4.79 Å². The monoisotopic (exact) mass is 455 g/mol. The molecule has 3 atom stereocenters. The van der Waals surface area contributed by atoms with Gasteiger partial charge < -0.3 is 18.7 Å². The standard InChI is InChI=1S/C22H21N3O8/c1-12(26)30-11-19-18(31-13(2)27)9-20(32-19)25-10-15(21(28)23-22(25)29)17-8-16(24-33-17)14-6-4-3-5-7-14/h3-8,10,18-20H,9,11H2,1-2H3,(H,23,28,29)/t18-,19+,20+/m0/s1. The number of hydrogen-bond acceptors (Lipinski definition) is 9. The van der Waals surface area contributed by atoms with E-state index in [9.17, 15) is 19.2 Å². The van der Waals surface area contributed by atoms with Crippen LogP contribution in [-0.2, 0) is 23.8 Å². The summed E-state index contributed by atoms with van der Waals surface area (Å²) >= 11 is 0. The fourth-order valence-corrected chi connectivity index (χ4v) is 3.58. The zero-order valence-corrected chi connectivity index (χ0v) is 17.8. The molecule has 33 heavy (non-hydrogen) atoms. The van der Waals surface area contributed by atoms with E-state index >= 15 is 0 Å². The molecule has 0 bridgehead atoms. The first kappa shape index (κ1) is 22.2. The van der Waals surface area contributed by atoms with Gasteiger partial charge in [0, 0.05) is 38.1 Å². The zero-order chi connectivity index (χ0) is 23.5. The molecule has 0 spiro atoms. The van der Waals surface area contributed by atoms with Crippen molar-refractivity contribution in [1.29, 1.82) is 0 Å². The number of nitrogens with zero attached hydrogens (tertiary/aromatic N) is 2. The molecule has 1 saturated heterocycles. The molecule has 0 unspecified atom stereocenters. The molecule has 0 saturated carbocycles. The molecule has 0 radical (unpaired) electrons. The maximum absolute atomic E-state index is 12.5. The van der Waals surface area contributed by atoms with Gasteiger partial charge in [0.2, 0.25) is 0 Å². The second-order valence-corrected chi connectivity index (χ2v) is 7.47. The lowest BCUT2D eigenvalue weighted by molar-refractivity contribution is -0.155. The van der Waals surface area contributed by atoms with Gasteiger partial charge in [0.25, 0.3) is 5.56 Å². The predicted octanol–water partition coefficient (Wildman–Crippen LogP) is 1.64. The van der Waals surface area contributed by atoms with Gasteiger partial charge >= 0.3 is 17.6 Å². The van der Waals surface area contributed by atoms with Crippen LogP contribution < -0.4 is 11.2 Å². The molecule has 11 heteroatoms. The normalized spacial score (nSPS) is 19.9. The third-order valence-electron chi connectivity index (χ3n) is 5.07. The predicted molar refractivity (Wildman–Crippen MR) is 113 cm³/mol. The van der Waals surface area contributed by atoms with E-state index < -0.39 is 41.6 Å². The highest BCUT2D eigenvalue weighted by molar-refractivity contribution is 5.67. The second-order valence-electron chi connectivity index (χ2n) is 7.47. The molecule has 2 aromatic heterocycles. The van der Waals surface area contributed by atoms with Gasteiger partial charge in [-0.3, -0.25) is 23.9 Å². The van der Waals surface area contributed by atoms with E-state index in [1.165, 1.54) is 24.6 Å². The topological polar surface area (TPSA) is 143 Å². The van der Waals surface area contributed by atoms with Crippen molar-refractivity contribution in [2.75, 3.05) is 6.61 Å². The highest BCUT2D eigenvalue weighted by Crippen LogP contribution is 2.31. The average molecular weight is 455 g/mol. The fraction of sp³-hybridized carbons (Fsp3) is 0.318. The Kier molecular flexibility index (Phi) is 6.22.